The van der Waals surface area contributed by atoms with E-state index in [2.05, 4.69) is 46.7 Å². The average molecular weight is 556 g/mol. The Labute approximate surface area is 209 Å². The number of benzene rings is 1. The monoisotopic (exact) mass is 555 g/mol. The van der Waals surface area contributed by atoms with Gasteiger partial charge >= 0.3 is 0 Å². The number of aromatic nitrogens is 1. The summed E-state index contributed by atoms with van der Waals surface area (Å²) in [6.07, 6.45) is 2.49. The van der Waals surface area contributed by atoms with Gasteiger partial charge in [0.25, 0.3) is 0 Å². The number of para-hydroxylation sites is 1. The number of nitrogens with zero attached hydrogens (tertiary/aromatic N) is 3. The highest BCUT2D eigenvalue weighted by atomic mass is 127. The van der Waals surface area contributed by atoms with Crippen molar-refractivity contribution in [1.82, 2.24) is 20.7 Å². The molecule has 2 atom stereocenters. The molecule has 0 saturated carbocycles. The zero-order chi connectivity index (χ0) is 22.2. The number of methoxy groups -OCH3 is 1. The van der Waals surface area contributed by atoms with Crippen LogP contribution in [-0.2, 0) is 0 Å². The molecule has 1 aliphatic rings. The Hall–Kier alpha value is -1.81. The molecule has 0 radical (unpaired) electrons. The maximum absolute atomic E-state index is 5.67. The summed E-state index contributed by atoms with van der Waals surface area (Å²) in [6, 6.07) is 8.57. The fourth-order valence-corrected chi connectivity index (χ4v) is 4.48. The molecule has 8 heteroatoms. The van der Waals surface area contributed by atoms with Crippen LogP contribution in [0.5, 0.6) is 5.75 Å². The van der Waals surface area contributed by atoms with Gasteiger partial charge in [-0.1, -0.05) is 30.3 Å². The SMILES string of the molecule is CCNC(=NCC(C)c1c(C)noc1C)NCC(c1ccccc1OC)N1CCCC1.I. The van der Waals surface area contributed by atoms with Gasteiger partial charge in [0.1, 0.15) is 11.5 Å². The van der Waals surface area contributed by atoms with Crippen LogP contribution < -0.4 is 15.4 Å². The Morgan fingerprint density at radius 1 is 1.22 bits per heavy atom. The highest BCUT2D eigenvalue weighted by Gasteiger charge is 2.26. The maximum Gasteiger partial charge on any atom is 0.191 e. The van der Waals surface area contributed by atoms with Gasteiger partial charge in [0.05, 0.1) is 18.8 Å². The van der Waals surface area contributed by atoms with Crippen molar-refractivity contribution < 1.29 is 9.26 Å². The number of hydrogen-bond donors (Lipinski definition) is 2. The number of guanidine groups is 1. The molecule has 1 fully saturated rings. The summed E-state index contributed by atoms with van der Waals surface area (Å²) in [7, 11) is 1.74. The second-order valence-electron chi connectivity index (χ2n) is 8.24. The number of nitrogens with one attached hydrogen (secondary N) is 2. The summed E-state index contributed by atoms with van der Waals surface area (Å²) in [4.78, 5) is 7.40. The first-order valence-corrected chi connectivity index (χ1v) is 11.4. The Morgan fingerprint density at radius 3 is 2.56 bits per heavy atom. The fraction of sp³-hybridized carbons (Fsp3) is 0.583. The van der Waals surface area contributed by atoms with Crippen molar-refractivity contribution in [3.8, 4) is 5.75 Å². The summed E-state index contributed by atoms with van der Waals surface area (Å²) in [6.45, 7) is 12.7. The predicted molar refractivity (Wildman–Crippen MR) is 140 cm³/mol. The van der Waals surface area contributed by atoms with Crippen LogP contribution in [0.4, 0.5) is 0 Å². The molecule has 178 valence electrons. The van der Waals surface area contributed by atoms with E-state index in [1.807, 2.05) is 26.0 Å². The van der Waals surface area contributed by atoms with Gasteiger partial charge in [-0.2, -0.15) is 0 Å². The van der Waals surface area contributed by atoms with E-state index in [-0.39, 0.29) is 35.9 Å². The topological polar surface area (TPSA) is 74.9 Å². The second-order valence-corrected chi connectivity index (χ2v) is 8.24. The van der Waals surface area contributed by atoms with Crippen molar-refractivity contribution in [2.75, 3.05) is 39.8 Å². The standard InChI is InChI=1S/C24H37N5O2.HI/c1-6-25-24(26-15-17(2)23-18(3)28-31-19(23)4)27-16-21(29-13-9-10-14-29)20-11-7-8-12-22(20)30-5;/h7-8,11-12,17,21H,6,9-10,13-16H2,1-5H3,(H2,25,26,27);1H. The minimum absolute atomic E-state index is 0. The molecule has 32 heavy (non-hydrogen) atoms. The normalized spacial score (nSPS) is 16.3. The zero-order valence-corrected chi connectivity index (χ0v) is 22.3. The molecular weight excluding hydrogens is 517 g/mol. The van der Waals surface area contributed by atoms with Gasteiger partial charge in [-0.3, -0.25) is 9.89 Å². The Kier molecular flexibility index (Phi) is 10.8. The van der Waals surface area contributed by atoms with Crippen molar-refractivity contribution in [2.24, 2.45) is 4.99 Å². The molecule has 2 unspecified atom stereocenters. The molecule has 1 saturated heterocycles. The molecule has 0 amide bonds. The molecule has 2 aromatic rings. The van der Waals surface area contributed by atoms with E-state index in [1.54, 1.807) is 7.11 Å². The first-order chi connectivity index (χ1) is 15.0. The number of aliphatic imine (C=N–C) groups is 1. The number of ether oxygens (including phenoxy) is 1. The molecule has 2 N–H and O–H groups in total. The van der Waals surface area contributed by atoms with E-state index in [1.165, 1.54) is 18.4 Å². The quantitative estimate of drug-likeness (QED) is 0.271. The number of rotatable bonds is 9. The summed E-state index contributed by atoms with van der Waals surface area (Å²) in [5.74, 6) is 2.89. The van der Waals surface area contributed by atoms with Gasteiger partial charge < -0.3 is 19.9 Å². The predicted octanol–water partition coefficient (Wildman–Crippen LogP) is 4.41. The number of aryl methyl sites for hydroxylation is 2. The smallest absolute Gasteiger partial charge is 0.191 e. The zero-order valence-electron chi connectivity index (χ0n) is 20.0. The lowest BCUT2D eigenvalue weighted by Crippen LogP contribution is -2.43. The van der Waals surface area contributed by atoms with E-state index >= 15 is 0 Å². The van der Waals surface area contributed by atoms with Crippen molar-refractivity contribution in [3.63, 3.8) is 0 Å². The molecule has 1 aromatic carbocycles. The number of hydrogen-bond acceptors (Lipinski definition) is 5. The second kappa shape index (κ2) is 13.0. The lowest BCUT2D eigenvalue weighted by atomic mass is 10.00. The third-order valence-corrected chi connectivity index (χ3v) is 5.99. The third-order valence-electron chi connectivity index (χ3n) is 5.99. The highest BCUT2D eigenvalue weighted by molar-refractivity contribution is 14.0. The van der Waals surface area contributed by atoms with E-state index in [4.69, 9.17) is 14.3 Å². The van der Waals surface area contributed by atoms with Crippen LogP contribution in [0, 0.1) is 13.8 Å². The van der Waals surface area contributed by atoms with Gasteiger partial charge in [-0.15, -0.1) is 24.0 Å². The summed E-state index contributed by atoms with van der Waals surface area (Å²) >= 11 is 0. The first-order valence-electron chi connectivity index (χ1n) is 11.4. The fourth-order valence-electron chi connectivity index (χ4n) is 4.48. The van der Waals surface area contributed by atoms with Crippen molar-refractivity contribution in [1.29, 1.82) is 0 Å². The molecule has 1 aliphatic heterocycles. The van der Waals surface area contributed by atoms with E-state index in [9.17, 15) is 0 Å². The number of halogens is 1. The minimum atomic E-state index is 0. The Bertz CT molecular complexity index is 844. The molecule has 1 aromatic heterocycles. The van der Waals surface area contributed by atoms with Crippen LogP contribution >= 0.6 is 24.0 Å². The van der Waals surface area contributed by atoms with Crippen LogP contribution in [0.25, 0.3) is 0 Å². The summed E-state index contributed by atoms with van der Waals surface area (Å²) < 4.78 is 11.0. The Balaban J connectivity index is 0.00000363. The van der Waals surface area contributed by atoms with Crippen LogP contribution in [0.1, 0.15) is 61.2 Å². The molecule has 0 aliphatic carbocycles. The largest absolute Gasteiger partial charge is 0.496 e. The van der Waals surface area contributed by atoms with Gasteiger partial charge in [0.15, 0.2) is 5.96 Å². The third kappa shape index (κ3) is 6.60. The van der Waals surface area contributed by atoms with E-state index < -0.39 is 0 Å². The van der Waals surface area contributed by atoms with Crippen LogP contribution in [0.2, 0.25) is 0 Å². The minimum Gasteiger partial charge on any atom is -0.496 e. The Morgan fingerprint density at radius 2 is 1.94 bits per heavy atom. The summed E-state index contributed by atoms with van der Waals surface area (Å²) in [5.41, 5.74) is 3.33. The van der Waals surface area contributed by atoms with Crippen LogP contribution in [0.15, 0.2) is 33.8 Å². The maximum atomic E-state index is 5.67. The van der Waals surface area contributed by atoms with Crippen LogP contribution in [0.3, 0.4) is 0 Å². The number of likely N-dealkylation sites (tertiary alicyclic amines) is 1. The van der Waals surface area contributed by atoms with Crippen molar-refractivity contribution >= 4 is 29.9 Å². The molecule has 0 spiro atoms. The lowest BCUT2D eigenvalue weighted by Gasteiger charge is -2.30. The van der Waals surface area contributed by atoms with Gasteiger partial charge in [0, 0.05) is 36.7 Å². The van der Waals surface area contributed by atoms with E-state index in [0.717, 1.165) is 54.9 Å². The van der Waals surface area contributed by atoms with E-state index in [0.29, 0.717) is 6.54 Å². The highest BCUT2D eigenvalue weighted by Crippen LogP contribution is 2.31. The van der Waals surface area contributed by atoms with Gasteiger partial charge in [-0.05, 0) is 52.8 Å². The molecule has 0 bridgehead atoms. The van der Waals surface area contributed by atoms with Crippen LogP contribution in [-0.4, -0.2) is 55.8 Å². The molecular formula is C24H38IN5O2. The van der Waals surface area contributed by atoms with Crippen molar-refractivity contribution in [3.05, 3.63) is 46.8 Å². The van der Waals surface area contributed by atoms with Crippen molar-refractivity contribution in [2.45, 2.75) is 52.5 Å². The molecule has 3 rings (SSSR count). The van der Waals surface area contributed by atoms with Gasteiger partial charge in [0.2, 0.25) is 0 Å². The summed E-state index contributed by atoms with van der Waals surface area (Å²) in [5, 5.41) is 11.1. The first kappa shape index (κ1) is 26.4. The molecule has 7 nitrogen and oxygen atoms in total. The lowest BCUT2D eigenvalue weighted by molar-refractivity contribution is 0.239. The van der Waals surface area contributed by atoms with Gasteiger partial charge in [-0.25, -0.2) is 0 Å². The molecule has 2 heterocycles. The average Bonchev–Trinajstić information content (AvgIpc) is 3.42.